The summed E-state index contributed by atoms with van der Waals surface area (Å²) in [6, 6.07) is 4.26. The second-order valence-corrected chi connectivity index (χ2v) is 6.88. The van der Waals surface area contributed by atoms with Gasteiger partial charge in [-0.15, -0.1) is 0 Å². The first kappa shape index (κ1) is 17.6. The van der Waals surface area contributed by atoms with Gasteiger partial charge in [-0.2, -0.15) is 0 Å². The Bertz CT molecular complexity index is 597. The second-order valence-electron chi connectivity index (χ2n) is 5.14. The molecular formula is C14H22N2O4S. The van der Waals surface area contributed by atoms with Gasteiger partial charge in [0.2, 0.25) is 10.0 Å². The number of carboxylic acids is 1. The number of hydrogen-bond donors (Lipinski definition) is 2. The van der Waals surface area contributed by atoms with E-state index in [9.17, 15) is 13.2 Å². The van der Waals surface area contributed by atoms with Gasteiger partial charge in [0, 0.05) is 6.54 Å². The molecule has 0 aliphatic heterocycles. The minimum absolute atomic E-state index is 0.00508. The average Bonchev–Trinajstić information content (AvgIpc) is 2.37. The zero-order valence-electron chi connectivity index (χ0n) is 12.6. The van der Waals surface area contributed by atoms with Crippen LogP contribution in [0.2, 0.25) is 0 Å². The van der Waals surface area contributed by atoms with E-state index in [0.29, 0.717) is 6.54 Å². The molecule has 0 amide bonds. The van der Waals surface area contributed by atoms with Crippen molar-refractivity contribution in [1.82, 2.24) is 9.62 Å². The second kappa shape index (κ2) is 7.53. The normalized spacial score (nSPS) is 11.8. The Labute approximate surface area is 125 Å². The van der Waals surface area contributed by atoms with E-state index in [2.05, 4.69) is 4.72 Å². The lowest BCUT2D eigenvalue weighted by molar-refractivity contribution is 0.0696. The molecule has 2 N–H and O–H groups in total. The van der Waals surface area contributed by atoms with Gasteiger partial charge in [0.1, 0.15) is 0 Å². The fourth-order valence-electron chi connectivity index (χ4n) is 1.97. The topological polar surface area (TPSA) is 86.7 Å². The summed E-state index contributed by atoms with van der Waals surface area (Å²) in [6.45, 7) is 2.74. The first-order chi connectivity index (χ1) is 9.75. The fraction of sp³-hybridized carbons (Fsp3) is 0.500. The largest absolute Gasteiger partial charge is 0.478 e. The highest BCUT2D eigenvalue weighted by Gasteiger charge is 2.19. The Morgan fingerprint density at radius 3 is 2.52 bits per heavy atom. The lowest BCUT2D eigenvalue weighted by Crippen LogP contribution is -2.26. The molecular weight excluding hydrogens is 292 g/mol. The number of rotatable bonds is 8. The van der Waals surface area contributed by atoms with Crippen LogP contribution in [0.3, 0.4) is 0 Å². The van der Waals surface area contributed by atoms with Crippen molar-refractivity contribution in [3.8, 4) is 0 Å². The molecule has 0 aliphatic carbocycles. The summed E-state index contributed by atoms with van der Waals surface area (Å²) in [5.41, 5.74) is 0.260. The Morgan fingerprint density at radius 2 is 1.95 bits per heavy atom. The molecule has 0 bridgehead atoms. The molecule has 6 nitrogen and oxygen atoms in total. The number of sulfonamides is 1. The van der Waals surface area contributed by atoms with Crippen LogP contribution in [0.5, 0.6) is 0 Å². The van der Waals surface area contributed by atoms with Crippen LogP contribution < -0.4 is 4.72 Å². The maximum atomic E-state index is 12.2. The summed E-state index contributed by atoms with van der Waals surface area (Å²) in [4.78, 5) is 13.1. The van der Waals surface area contributed by atoms with Crippen LogP contribution in [0, 0.1) is 6.92 Å². The lowest BCUT2D eigenvalue weighted by atomic mass is 10.1. The Morgan fingerprint density at radius 1 is 1.29 bits per heavy atom. The fourth-order valence-corrected chi connectivity index (χ4v) is 3.31. The molecule has 0 radical (unpaired) electrons. The summed E-state index contributed by atoms with van der Waals surface area (Å²) in [6.07, 6.45) is 1.62. The third-order valence-electron chi connectivity index (χ3n) is 3.13. The van der Waals surface area contributed by atoms with E-state index in [1.54, 1.807) is 0 Å². The quantitative estimate of drug-likeness (QED) is 0.707. The summed E-state index contributed by atoms with van der Waals surface area (Å²) in [7, 11) is 0.252. The number of carbonyl (C=O) groups is 1. The monoisotopic (exact) mass is 314 g/mol. The Balaban J connectivity index is 2.75. The number of nitrogens with one attached hydrogen (secondary N) is 1. The van der Waals surface area contributed by atoms with Crippen molar-refractivity contribution in [1.29, 1.82) is 0 Å². The zero-order chi connectivity index (χ0) is 16.0. The first-order valence-corrected chi connectivity index (χ1v) is 8.21. The van der Waals surface area contributed by atoms with Crippen molar-refractivity contribution >= 4 is 16.0 Å². The maximum Gasteiger partial charge on any atom is 0.335 e. The van der Waals surface area contributed by atoms with E-state index in [-0.39, 0.29) is 16.0 Å². The van der Waals surface area contributed by atoms with Crippen molar-refractivity contribution < 1.29 is 18.3 Å². The lowest BCUT2D eigenvalue weighted by Gasteiger charge is -2.12. The highest BCUT2D eigenvalue weighted by atomic mass is 32.2. The van der Waals surface area contributed by atoms with Gasteiger partial charge >= 0.3 is 5.97 Å². The van der Waals surface area contributed by atoms with Crippen LogP contribution in [-0.2, 0) is 10.0 Å². The maximum absolute atomic E-state index is 12.2. The number of hydrogen-bond acceptors (Lipinski definition) is 4. The van der Waals surface area contributed by atoms with Gasteiger partial charge in [0.05, 0.1) is 10.5 Å². The van der Waals surface area contributed by atoms with Crippen LogP contribution in [0.25, 0.3) is 0 Å². The van der Waals surface area contributed by atoms with Crippen LogP contribution >= 0.6 is 0 Å². The van der Waals surface area contributed by atoms with E-state index >= 15 is 0 Å². The van der Waals surface area contributed by atoms with Crippen molar-refractivity contribution in [2.75, 3.05) is 27.2 Å². The average molecular weight is 314 g/mol. The highest BCUT2D eigenvalue weighted by molar-refractivity contribution is 7.89. The molecule has 7 heteroatoms. The van der Waals surface area contributed by atoms with Crippen LogP contribution in [-0.4, -0.2) is 51.6 Å². The predicted molar refractivity (Wildman–Crippen MR) is 81.1 cm³/mol. The zero-order valence-corrected chi connectivity index (χ0v) is 13.4. The molecule has 118 valence electrons. The molecule has 21 heavy (non-hydrogen) atoms. The molecule has 0 heterocycles. The van der Waals surface area contributed by atoms with Crippen molar-refractivity contribution in [2.45, 2.75) is 24.7 Å². The highest BCUT2D eigenvalue weighted by Crippen LogP contribution is 2.18. The molecule has 0 atom stereocenters. The molecule has 0 fully saturated rings. The molecule has 1 rings (SSSR count). The smallest absolute Gasteiger partial charge is 0.335 e. The summed E-state index contributed by atoms with van der Waals surface area (Å²) >= 11 is 0. The number of benzene rings is 1. The van der Waals surface area contributed by atoms with Gasteiger partial charge in [0.25, 0.3) is 0 Å². The Kier molecular flexibility index (Phi) is 6.32. The number of aromatic carboxylic acids is 1. The molecule has 0 saturated heterocycles. The molecule has 0 aromatic heterocycles. The van der Waals surface area contributed by atoms with E-state index in [0.717, 1.165) is 19.4 Å². The Hall–Kier alpha value is -1.44. The molecule has 1 aromatic rings. The standard InChI is InChI=1S/C14H22N2O4S/c1-11-12(14(17)18)7-6-8-13(11)21(19,20)15-9-4-5-10-16(2)3/h6-8,15H,4-5,9-10H2,1-3H3,(H,17,18). The number of nitrogens with zero attached hydrogens (tertiary/aromatic N) is 1. The van der Waals surface area contributed by atoms with E-state index in [4.69, 9.17) is 5.11 Å². The van der Waals surface area contributed by atoms with Crippen LogP contribution in [0.4, 0.5) is 0 Å². The summed E-state index contributed by atoms with van der Waals surface area (Å²) in [5.74, 6) is -1.13. The van der Waals surface area contributed by atoms with Gasteiger partial charge in [-0.3, -0.25) is 0 Å². The SMILES string of the molecule is Cc1c(C(=O)O)cccc1S(=O)(=O)NCCCCN(C)C. The molecule has 0 aliphatic rings. The number of carboxylic acid groups (broad SMARTS) is 1. The minimum atomic E-state index is -3.67. The third-order valence-corrected chi connectivity index (χ3v) is 4.73. The predicted octanol–water partition coefficient (Wildman–Crippen LogP) is 1.31. The van der Waals surface area contributed by atoms with Crippen LogP contribution in [0.15, 0.2) is 23.1 Å². The summed E-state index contributed by atoms with van der Waals surface area (Å²) < 4.78 is 26.9. The van der Waals surface area contributed by atoms with E-state index in [1.165, 1.54) is 25.1 Å². The first-order valence-electron chi connectivity index (χ1n) is 6.73. The van der Waals surface area contributed by atoms with E-state index in [1.807, 2.05) is 19.0 Å². The van der Waals surface area contributed by atoms with Crippen LogP contribution in [0.1, 0.15) is 28.8 Å². The molecule has 0 spiro atoms. The molecule has 1 aromatic carbocycles. The van der Waals surface area contributed by atoms with Gasteiger partial charge in [-0.05, 0) is 58.1 Å². The number of unbranched alkanes of at least 4 members (excludes halogenated alkanes) is 1. The summed E-state index contributed by atoms with van der Waals surface area (Å²) in [5, 5.41) is 9.03. The van der Waals surface area contributed by atoms with Gasteiger partial charge in [0.15, 0.2) is 0 Å². The third kappa shape index (κ3) is 5.11. The van der Waals surface area contributed by atoms with Gasteiger partial charge in [-0.1, -0.05) is 6.07 Å². The minimum Gasteiger partial charge on any atom is -0.478 e. The van der Waals surface area contributed by atoms with Gasteiger partial charge < -0.3 is 10.0 Å². The molecule has 0 saturated carbocycles. The van der Waals surface area contributed by atoms with Gasteiger partial charge in [-0.25, -0.2) is 17.9 Å². The van der Waals surface area contributed by atoms with E-state index < -0.39 is 16.0 Å². The van der Waals surface area contributed by atoms with Crippen molar-refractivity contribution in [3.05, 3.63) is 29.3 Å². The molecule has 0 unspecified atom stereocenters. The van der Waals surface area contributed by atoms with Crippen molar-refractivity contribution in [3.63, 3.8) is 0 Å². The van der Waals surface area contributed by atoms with Crippen molar-refractivity contribution in [2.24, 2.45) is 0 Å².